The topological polar surface area (TPSA) is 101 Å². The number of nitrogens with one attached hydrogen (secondary N) is 2. The maximum absolute atomic E-state index is 13.5. The molecule has 39 heavy (non-hydrogen) atoms. The Morgan fingerprint density at radius 3 is 2.28 bits per heavy atom. The Morgan fingerprint density at radius 2 is 1.54 bits per heavy atom. The number of carbonyl (C=O) groups excluding carboxylic acids is 3. The SMILES string of the molecule is O=C(Nc1ccccc1)c1cccc(NC(=O)[C@@H]2CSC(c3ccncc3)N2C(=O)OCc2ccccc2)c1. The van der Waals surface area contributed by atoms with Crippen LogP contribution in [0.3, 0.4) is 0 Å². The molecule has 1 aromatic heterocycles. The van der Waals surface area contributed by atoms with Gasteiger partial charge in [0.1, 0.15) is 18.0 Å². The molecule has 2 atom stereocenters. The third-order valence-corrected chi connectivity index (χ3v) is 7.46. The van der Waals surface area contributed by atoms with E-state index in [-0.39, 0.29) is 18.4 Å². The van der Waals surface area contributed by atoms with Crippen LogP contribution >= 0.6 is 11.8 Å². The molecule has 0 bridgehead atoms. The number of anilines is 2. The highest BCUT2D eigenvalue weighted by Crippen LogP contribution is 2.42. The summed E-state index contributed by atoms with van der Waals surface area (Å²) in [4.78, 5) is 45.1. The molecule has 1 unspecified atom stereocenters. The van der Waals surface area contributed by atoms with Gasteiger partial charge < -0.3 is 15.4 Å². The van der Waals surface area contributed by atoms with Crippen LogP contribution in [0.5, 0.6) is 0 Å². The summed E-state index contributed by atoms with van der Waals surface area (Å²) in [6, 6.07) is 28.1. The number of thioether (sulfide) groups is 1. The minimum Gasteiger partial charge on any atom is -0.444 e. The fraction of sp³-hybridized carbons (Fsp3) is 0.133. The number of hydrogen-bond donors (Lipinski definition) is 2. The maximum atomic E-state index is 13.5. The quantitative estimate of drug-likeness (QED) is 0.312. The third kappa shape index (κ3) is 6.45. The molecule has 1 aliphatic rings. The molecule has 0 spiro atoms. The molecule has 196 valence electrons. The normalized spacial score (nSPS) is 16.4. The summed E-state index contributed by atoms with van der Waals surface area (Å²) in [6.07, 6.45) is 2.73. The molecule has 0 radical (unpaired) electrons. The first kappa shape index (κ1) is 26.0. The Labute approximate surface area is 230 Å². The number of ether oxygens (including phenoxy) is 1. The second-order valence-electron chi connectivity index (χ2n) is 8.82. The van der Waals surface area contributed by atoms with E-state index in [0.717, 1.165) is 11.1 Å². The predicted octanol–water partition coefficient (Wildman–Crippen LogP) is 5.73. The van der Waals surface area contributed by atoms with E-state index >= 15 is 0 Å². The molecule has 2 N–H and O–H groups in total. The standard InChI is InChI=1S/C30H26N4O4S/c35-27(32-24-11-5-2-6-12-24)23-10-7-13-25(18-23)33-28(36)26-20-39-29(22-14-16-31-17-15-22)34(26)30(37)38-19-21-8-3-1-4-9-21/h1-18,26,29H,19-20H2,(H,32,35)(H,33,36)/t26-,29?/m0/s1. The van der Waals surface area contributed by atoms with Gasteiger partial charge in [-0.25, -0.2) is 4.79 Å². The first-order valence-electron chi connectivity index (χ1n) is 12.4. The molecule has 3 amide bonds. The van der Waals surface area contributed by atoms with E-state index in [1.807, 2.05) is 60.7 Å². The molecule has 0 saturated carbocycles. The van der Waals surface area contributed by atoms with E-state index in [9.17, 15) is 14.4 Å². The molecule has 1 fully saturated rings. The van der Waals surface area contributed by atoms with Gasteiger partial charge in [0, 0.05) is 35.1 Å². The Balaban J connectivity index is 1.31. The van der Waals surface area contributed by atoms with Gasteiger partial charge in [-0.15, -0.1) is 11.8 Å². The first-order chi connectivity index (χ1) is 19.1. The number of benzene rings is 3. The summed E-state index contributed by atoms with van der Waals surface area (Å²) < 4.78 is 5.63. The molecule has 3 aromatic carbocycles. The number of nitrogens with zero attached hydrogens (tertiary/aromatic N) is 2. The van der Waals surface area contributed by atoms with Crippen LogP contribution in [0.1, 0.15) is 26.9 Å². The van der Waals surface area contributed by atoms with Crippen molar-refractivity contribution < 1.29 is 19.1 Å². The molecule has 2 heterocycles. The second-order valence-corrected chi connectivity index (χ2v) is 9.93. The number of rotatable bonds is 7. The highest BCUT2D eigenvalue weighted by molar-refractivity contribution is 7.99. The van der Waals surface area contributed by atoms with Crippen molar-refractivity contribution >= 4 is 41.0 Å². The lowest BCUT2D eigenvalue weighted by Gasteiger charge is -2.28. The fourth-order valence-electron chi connectivity index (χ4n) is 4.20. The summed E-state index contributed by atoms with van der Waals surface area (Å²) in [7, 11) is 0. The lowest BCUT2D eigenvalue weighted by atomic mass is 10.1. The second kappa shape index (κ2) is 12.3. The van der Waals surface area contributed by atoms with Crippen LogP contribution < -0.4 is 10.6 Å². The predicted molar refractivity (Wildman–Crippen MR) is 151 cm³/mol. The van der Waals surface area contributed by atoms with E-state index in [1.54, 1.807) is 48.8 Å². The number of hydrogen-bond acceptors (Lipinski definition) is 6. The summed E-state index contributed by atoms with van der Waals surface area (Å²) in [6.45, 7) is 0.0941. The molecule has 1 saturated heterocycles. The molecular weight excluding hydrogens is 512 g/mol. The van der Waals surface area contributed by atoms with E-state index in [0.29, 0.717) is 22.7 Å². The van der Waals surface area contributed by atoms with Crippen molar-refractivity contribution in [2.45, 2.75) is 18.0 Å². The van der Waals surface area contributed by atoms with Crippen molar-refractivity contribution in [3.05, 3.63) is 126 Å². The van der Waals surface area contributed by atoms with Gasteiger partial charge in [0.15, 0.2) is 0 Å². The summed E-state index contributed by atoms with van der Waals surface area (Å²) in [5, 5.41) is 5.31. The molecule has 0 aliphatic carbocycles. The van der Waals surface area contributed by atoms with Crippen molar-refractivity contribution in [2.24, 2.45) is 0 Å². The van der Waals surface area contributed by atoms with Gasteiger partial charge in [-0.05, 0) is 53.6 Å². The Kier molecular flexibility index (Phi) is 8.18. The van der Waals surface area contributed by atoms with Crippen molar-refractivity contribution in [3.63, 3.8) is 0 Å². The van der Waals surface area contributed by atoms with Gasteiger partial charge >= 0.3 is 6.09 Å². The number of amides is 3. The molecule has 4 aromatic rings. The first-order valence-corrected chi connectivity index (χ1v) is 13.4. The smallest absolute Gasteiger partial charge is 0.412 e. The van der Waals surface area contributed by atoms with Crippen LogP contribution in [-0.2, 0) is 16.1 Å². The average Bonchev–Trinajstić information content (AvgIpc) is 3.43. The van der Waals surface area contributed by atoms with Gasteiger partial charge in [-0.2, -0.15) is 0 Å². The van der Waals surface area contributed by atoms with E-state index in [2.05, 4.69) is 15.6 Å². The average molecular weight is 539 g/mol. The zero-order chi connectivity index (χ0) is 27.0. The highest BCUT2D eigenvalue weighted by Gasteiger charge is 2.43. The van der Waals surface area contributed by atoms with Gasteiger partial charge in [-0.3, -0.25) is 19.5 Å². The zero-order valence-corrected chi connectivity index (χ0v) is 21.7. The van der Waals surface area contributed by atoms with Crippen LogP contribution in [0.15, 0.2) is 109 Å². The number of para-hydroxylation sites is 1. The lowest BCUT2D eigenvalue weighted by molar-refractivity contribution is -0.120. The van der Waals surface area contributed by atoms with Crippen LogP contribution in [0.25, 0.3) is 0 Å². The van der Waals surface area contributed by atoms with E-state index < -0.39 is 17.5 Å². The number of aromatic nitrogens is 1. The summed E-state index contributed by atoms with van der Waals surface area (Å²) >= 11 is 1.48. The Bertz CT molecular complexity index is 1440. The Hall–Kier alpha value is -4.63. The molecule has 9 heteroatoms. The monoisotopic (exact) mass is 538 g/mol. The largest absolute Gasteiger partial charge is 0.444 e. The van der Waals surface area contributed by atoms with Gasteiger partial charge in [0.25, 0.3) is 5.91 Å². The van der Waals surface area contributed by atoms with Crippen molar-refractivity contribution in [3.8, 4) is 0 Å². The maximum Gasteiger partial charge on any atom is 0.412 e. The minimum atomic E-state index is -0.779. The van der Waals surface area contributed by atoms with Crippen molar-refractivity contribution in [2.75, 3.05) is 16.4 Å². The fourth-order valence-corrected chi connectivity index (χ4v) is 5.62. The zero-order valence-electron chi connectivity index (χ0n) is 20.9. The molecular formula is C30H26N4O4S. The van der Waals surface area contributed by atoms with Crippen LogP contribution in [0, 0.1) is 0 Å². The van der Waals surface area contributed by atoms with E-state index in [4.69, 9.17) is 4.74 Å². The molecule has 5 rings (SSSR count). The van der Waals surface area contributed by atoms with Crippen molar-refractivity contribution in [1.82, 2.24) is 9.88 Å². The van der Waals surface area contributed by atoms with Crippen molar-refractivity contribution in [1.29, 1.82) is 0 Å². The number of carbonyl (C=O) groups is 3. The number of pyridine rings is 1. The lowest BCUT2D eigenvalue weighted by Crippen LogP contribution is -2.45. The Morgan fingerprint density at radius 1 is 0.846 bits per heavy atom. The van der Waals surface area contributed by atoms with Crippen LogP contribution in [0.4, 0.5) is 16.2 Å². The van der Waals surface area contributed by atoms with Gasteiger partial charge in [0.2, 0.25) is 5.91 Å². The third-order valence-electron chi connectivity index (χ3n) is 6.13. The van der Waals surface area contributed by atoms with Crippen LogP contribution in [-0.4, -0.2) is 39.6 Å². The summed E-state index contributed by atoms with van der Waals surface area (Å²) in [5.74, 6) is -0.276. The van der Waals surface area contributed by atoms with Gasteiger partial charge in [-0.1, -0.05) is 54.6 Å². The summed E-state index contributed by atoms with van der Waals surface area (Å²) in [5.41, 5.74) is 3.22. The van der Waals surface area contributed by atoms with E-state index in [1.165, 1.54) is 16.7 Å². The molecule has 1 aliphatic heterocycles. The van der Waals surface area contributed by atoms with Crippen LogP contribution in [0.2, 0.25) is 0 Å². The minimum absolute atomic E-state index is 0.0941. The van der Waals surface area contributed by atoms with Gasteiger partial charge in [0.05, 0.1) is 0 Å². The highest BCUT2D eigenvalue weighted by atomic mass is 32.2. The molecule has 8 nitrogen and oxygen atoms in total.